The molecule has 1 aromatic carbocycles. The molecule has 2 aromatic rings. The molecule has 1 aliphatic heterocycles. The molecule has 0 spiro atoms. The summed E-state index contributed by atoms with van der Waals surface area (Å²) in [5.74, 6) is 1.95. The zero-order chi connectivity index (χ0) is 20.5. The van der Waals surface area contributed by atoms with Crippen LogP contribution >= 0.6 is 0 Å². The van der Waals surface area contributed by atoms with Gasteiger partial charge in [-0.15, -0.1) is 0 Å². The maximum absolute atomic E-state index is 11.8. The Hall–Kier alpha value is -2.67. The van der Waals surface area contributed by atoms with Gasteiger partial charge in [0.2, 0.25) is 0 Å². The maximum Gasteiger partial charge on any atom is 0.337 e. The predicted molar refractivity (Wildman–Crippen MR) is 108 cm³/mol. The van der Waals surface area contributed by atoms with Crippen molar-refractivity contribution < 1.29 is 19.4 Å². The van der Waals surface area contributed by atoms with Crippen LogP contribution in [-0.2, 0) is 4.74 Å². The summed E-state index contributed by atoms with van der Waals surface area (Å²) in [5.41, 5.74) is 2.28. The molecule has 29 heavy (non-hydrogen) atoms. The van der Waals surface area contributed by atoms with Gasteiger partial charge < -0.3 is 19.5 Å². The second kappa shape index (κ2) is 7.99. The van der Waals surface area contributed by atoms with E-state index in [0.717, 1.165) is 36.7 Å². The van der Waals surface area contributed by atoms with Crippen LogP contribution in [0.25, 0.3) is 0 Å². The first-order valence-corrected chi connectivity index (χ1v) is 10.0. The Labute approximate surface area is 170 Å². The third kappa shape index (κ3) is 4.05. The van der Waals surface area contributed by atoms with Gasteiger partial charge in [0.25, 0.3) is 0 Å². The quantitative estimate of drug-likeness (QED) is 0.794. The van der Waals surface area contributed by atoms with E-state index in [9.17, 15) is 9.90 Å². The van der Waals surface area contributed by atoms with Crippen molar-refractivity contribution in [3.63, 3.8) is 0 Å². The third-order valence-electron chi connectivity index (χ3n) is 5.98. The monoisotopic (exact) mass is 397 g/mol. The van der Waals surface area contributed by atoms with E-state index in [0.29, 0.717) is 29.6 Å². The first kappa shape index (κ1) is 19.6. The average molecular weight is 397 g/mol. The zero-order valence-corrected chi connectivity index (χ0v) is 17.0. The van der Waals surface area contributed by atoms with Crippen molar-refractivity contribution in [1.29, 1.82) is 0 Å². The van der Waals surface area contributed by atoms with Crippen molar-refractivity contribution in [2.75, 3.05) is 25.1 Å². The molecule has 1 N–H and O–H groups in total. The zero-order valence-electron chi connectivity index (χ0n) is 17.0. The first-order valence-electron chi connectivity index (χ1n) is 10.0. The minimum atomic E-state index is -0.539. The van der Waals surface area contributed by atoms with E-state index in [2.05, 4.69) is 14.9 Å². The fraction of sp³-hybridized carbons (Fsp3) is 0.500. The van der Waals surface area contributed by atoms with Crippen molar-refractivity contribution >= 4 is 11.8 Å². The van der Waals surface area contributed by atoms with Gasteiger partial charge in [-0.2, -0.15) is 0 Å². The Morgan fingerprint density at radius 2 is 1.97 bits per heavy atom. The number of aliphatic hydroxyl groups excluding tert-OH is 1. The van der Waals surface area contributed by atoms with E-state index >= 15 is 0 Å². The molecule has 0 unspecified atom stereocenters. The van der Waals surface area contributed by atoms with E-state index in [1.54, 1.807) is 30.5 Å². The van der Waals surface area contributed by atoms with E-state index in [4.69, 9.17) is 9.47 Å². The van der Waals surface area contributed by atoms with E-state index in [1.165, 1.54) is 7.11 Å². The Kier molecular flexibility index (Phi) is 5.41. The van der Waals surface area contributed by atoms with E-state index in [-0.39, 0.29) is 6.10 Å². The number of benzene rings is 1. The van der Waals surface area contributed by atoms with Crippen molar-refractivity contribution in [3.05, 3.63) is 47.4 Å². The molecule has 4 atom stereocenters. The van der Waals surface area contributed by atoms with Gasteiger partial charge in [0.1, 0.15) is 17.7 Å². The lowest BCUT2D eigenvalue weighted by Crippen LogP contribution is -2.42. The largest absolute Gasteiger partial charge is 0.488 e. The topological polar surface area (TPSA) is 84.8 Å². The Bertz CT molecular complexity index is 903. The van der Waals surface area contributed by atoms with Crippen LogP contribution < -0.4 is 9.64 Å². The molecular formula is C22H27N3O4. The number of nitrogens with zero attached hydrogens (tertiary/aromatic N) is 3. The SMILES string of the molecule is COC(=O)c1cccc(O[C@@H]2C[C@@H]3CN(c4nc(C)cnc4C)C[C@@H]3C[C@H]2O)c1. The number of aryl methyl sites for hydroxylation is 2. The second-order valence-corrected chi connectivity index (χ2v) is 8.06. The summed E-state index contributed by atoms with van der Waals surface area (Å²) in [6.45, 7) is 5.71. The first-order chi connectivity index (χ1) is 13.9. The molecule has 1 saturated heterocycles. The van der Waals surface area contributed by atoms with Gasteiger partial charge in [-0.25, -0.2) is 9.78 Å². The smallest absolute Gasteiger partial charge is 0.337 e. The van der Waals surface area contributed by atoms with Gasteiger partial charge in [0.05, 0.1) is 30.2 Å². The Morgan fingerprint density at radius 3 is 2.72 bits per heavy atom. The van der Waals surface area contributed by atoms with Crippen LogP contribution in [0.15, 0.2) is 30.5 Å². The number of anilines is 1. The van der Waals surface area contributed by atoms with Crippen molar-refractivity contribution in [2.45, 2.75) is 38.9 Å². The summed E-state index contributed by atoms with van der Waals surface area (Å²) in [6.07, 6.45) is 2.42. The van der Waals surface area contributed by atoms with Gasteiger partial charge >= 0.3 is 5.97 Å². The summed E-state index contributed by atoms with van der Waals surface area (Å²) in [4.78, 5) is 23.2. The fourth-order valence-electron chi connectivity index (χ4n) is 4.50. The number of hydrogen-bond acceptors (Lipinski definition) is 7. The summed E-state index contributed by atoms with van der Waals surface area (Å²) < 4.78 is 10.9. The normalized spacial score (nSPS) is 26.1. The highest BCUT2D eigenvalue weighted by molar-refractivity contribution is 5.89. The fourth-order valence-corrected chi connectivity index (χ4v) is 4.50. The highest BCUT2D eigenvalue weighted by Gasteiger charge is 2.43. The van der Waals surface area contributed by atoms with Crippen LogP contribution in [0.1, 0.15) is 34.6 Å². The summed E-state index contributed by atoms with van der Waals surface area (Å²) >= 11 is 0. The minimum absolute atomic E-state index is 0.297. The molecule has 1 aromatic heterocycles. The van der Waals surface area contributed by atoms with Gasteiger partial charge in [-0.1, -0.05) is 6.07 Å². The summed E-state index contributed by atoms with van der Waals surface area (Å²) in [5, 5.41) is 10.7. The number of carbonyl (C=O) groups excluding carboxylic acids is 1. The van der Waals surface area contributed by atoms with Gasteiger partial charge in [-0.3, -0.25) is 4.98 Å². The number of ether oxygens (including phenoxy) is 2. The number of hydrogen-bond donors (Lipinski definition) is 1. The number of esters is 1. The molecule has 0 radical (unpaired) electrons. The second-order valence-electron chi connectivity index (χ2n) is 8.06. The molecular weight excluding hydrogens is 370 g/mol. The summed E-state index contributed by atoms with van der Waals surface area (Å²) in [6, 6.07) is 6.91. The van der Waals surface area contributed by atoms with Crippen LogP contribution in [0.5, 0.6) is 5.75 Å². The molecule has 1 saturated carbocycles. The number of aromatic nitrogens is 2. The number of aliphatic hydroxyl groups is 1. The number of carbonyl (C=O) groups is 1. The molecule has 0 amide bonds. The van der Waals surface area contributed by atoms with E-state index < -0.39 is 12.1 Å². The highest BCUT2D eigenvalue weighted by Crippen LogP contribution is 2.39. The third-order valence-corrected chi connectivity index (χ3v) is 5.98. The molecule has 154 valence electrons. The lowest BCUT2D eigenvalue weighted by Gasteiger charge is -2.35. The van der Waals surface area contributed by atoms with Crippen LogP contribution in [0.4, 0.5) is 5.82 Å². The molecule has 2 fully saturated rings. The molecule has 7 nitrogen and oxygen atoms in total. The van der Waals surface area contributed by atoms with Gasteiger partial charge in [0.15, 0.2) is 0 Å². The lowest BCUT2D eigenvalue weighted by atomic mass is 9.78. The Morgan fingerprint density at radius 1 is 1.21 bits per heavy atom. The van der Waals surface area contributed by atoms with E-state index in [1.807, 2.05) is 13.8 Å². The molecule has 4 rings (SSSR count). The standard InChI is InChI=1S/C22H27N3O4/c1-13-10-23-14(2)21(24-13)25-11-16-8-19(26)20(9-17(16)12-25)29-18-6-4-5-15(7-18)22(27)28-3/h4-7,10,16-17,19-20,26H,8-9,11-12H2,1-3H3/t16-,17+,19+,20+/m0/s1. The maximum atomic E-state index is 11.8. The molecule has 7 heteroatoms. The average Bonchev–Trinajstić information content (AvgIpc) is 3.12. The van der Waals surface area contributed by atoms with Gasteiger partial charge in [0, 0.05) is 19.3 Å². The lowest BCUT2D eigenvalue weighted by molar-refractivity contribution is -0.0231. The molecule has 2 heterocycles. The summed E-state index contributed by atoms with van der Waals surface area (Å²) in [7, 11) is 1.35. The highest BCUT2D eigenvalue weighted by atomic mass is 16.5. The van der Waals surface area contributed by atoms with Crippen LogP contribution in [0, 0.1) is 25.7 Å². The van der Waals surface area contributed by atoms with Crippen LogP contribution in [0.2, 0.25) is 0 Å². The number of methoxy groups -OCH3 is 1. The van der Waals surface area contributed by atoms with Crippen LogP contribution in [0.3, 0.4) is 0 Å². The Balaban J connectivity index is 1.46. The minimum Gasteiger partial charge on any atom is -0.488 e. The molecule has 0 bridgehead atoms. The predicted octanol–water partition coefficient (Wildman–Crippen LogP) is 2.53. The molecule has 2 aliphatic rings. The van der Waals surface area contributed by atoms with Crippen molar-refractivity contribution in [3.8, 4) is 5.75 Å². The number of fused-ring (bicyclic) bond motifs is 1. The molecule has 1 aliphatic carbocycles. The van der Waals surface area contributed by atoms with Crippen molar-refractivity contribution in [2.24, 2.45) is 11.8 Å². The number of rotatable bonds is 4. The van der Waals surface area contributed by atoms with Gasteiger partial charge in [-0.05, 0) is 56.7 Å². The van der Waals surface area contributed by atoms with Crippen LogP contribution in [-0.4, -0.2) is 53.5 Å². The van der Waals surface area contributed by atoms with Crippen molar-refractivity contribution in [1.82, 2.24) is 9.97 Å².